The molecule has 1 fully saturated rings. The van der Waals surface area contributed by atoms with Crippen LogP contribution in [0.15, 0.2) is 29.1 Å². The number of rotatable bonds is 4. The van der Waals surface area contributed by atoms with Crippen LogP contribution in [0.25, 0.3) is 0 Å². The van der Waals surface area contributed by atoms with Crippen LogP contribution in [0.5, 0.6) is 0 Å². The van der Waals surface area contributed by atoms with Crippen molar-refractivity contribution in [2.24, 2.45) is 0 Å². The van der Waals surface area contributed by atoms with E-state index in [0.29, 0.717) is 18.7 Å². The van der Waals surface area contributed by atoms with Gasteiger partial charge in [0.2, 0.25) is 0 Å². The molecular formula is C16H21N5O2. The second-order valence-electron chi connectivity index (χ2n) is 5.48. The summed E-state index contributed by atoms with van der Waals surface area (Å²) in [5, 5.41) is 3.22. The van der Waals surface area contributed by atoms with Gasteiger partial charge in [-0.15, -0.1) is 0 Å². The van der Waals surface area contributed by atoms with E-state index in [9.17, 15) is 4.79 Å². The first-order chi connectivity index (χ1) is 11.2. The number of piperazine rings is 1. The molecule has 0 radical (unpaired) electrons. The summed E-state index contributed by atoms with van der Waals surface area (Å²) in [5.74, 6) is 2.51. The minimum Gasteiger partial charge on any atom is -0.472 e. The van der Waals surface area contributed by atoms with Gasteiger partial charge in [-0.3, -0.25) is 4.79 Å². The van der Waals surface area contributed by atoms with Gasteiger partial charge in [0, 0.05) is 38.8 Å². The number of aromatic nitrogens is 2. The van der Waals surface area contributed by atoms with Gasteiger partial charge in [-0.05, 0) is 19.9 Å². The molecule has 3 rings (SSSR count). The third-order valence-corrected chi connectivity index (χ3v) is 3.84. The van der Waals surface area contributed by atoms with Gasteiger partial charge < -0.3 is 19.5 Å². The fourth-order valence-electron chi connectivity index (χ4n) is 2.69. The van der Waals surface area contributed by atoms with Crippen molar-refractivity contribution in [3.8, 4) is 0 Å². The van der Waals surface area contributed by atoms with E-state index < -0.39 is 0 Å². The molecule has 0 saturated carbocycles. The minimum atomic E-state index is 0.0191. The number of nitrogens with one attached hydrogen (secondary N) is 1. The number of carbonyl (C=O) groups is 1. The second-order valence-corrected chi connectivity index (χ2v) is 5.48. The first kappa shape index (κ1) is 15.3. The summed E-state index contributed by atoms with van der Waals surface area (Å²) in [4.78, 5) is 25.2. The maximum Gasteiger partial charge on any atom is 0.257 e. The Balaban J connectivity index is 1.66. The van der Waals surface area contributed by atoms with Crippen LogP contribution in [0.3, 0.4) is 0 Å². The van der Waals surface area contributed by atoms with Crippen molar-refractivity contribution < 1.29 is 9.21 Å². The molecule has 0 aromatic carbocycles. The lowest BCUT2D eigenvalue weighted by Crippen LogP contribution is -2.49. The molecule has 1 saturated heterocycles. The number of carbonyl (C=O) groups excluding carboxylic acids is 1. The molecule has 7 nitrogen and oxygen atoms in total. The van der Waals surface area contributed by atoms with Crippen molar-refractivity contribution in [2.45, 2.75) is 13.8 Å². The van der Waals surface area contributed by atoms with Gasteiger partial charge in [0.15, 0.2) is 0 Å². The van der Waals surface area contributed by atoms with Crippen LogP contribution < -0.4 is 10.2 Å². The molecule has 1 aliphatic heterocycles. The van der Waals surface area contributed by atoms with Gasteiger partial charge in [-0.2, -0.15) is 0 Å². The Labute approximate surface area is 135 Å². The summed E-state index contributed by atoms with van der Waals surface area (Å²) in [6.07, 6.45) is 3.01. The molecule has 3 heterocycles. The SMILES string of the molecule is CCNc1cc(N2CCN(C(=O)c3ccoc3)CC2)nc(C)n1. The Morgan fingerprint density at radius 2 is 2.09 bits per heavy atom. The van der Waals surface area contributed by atoms with Gasteiger partial charge >= 0.3 is 0 Å². The number of amides is 1. The fourth-order valence-corrected chi connectivity index (χ4v) is 2.69. The van der Waals surface area contributed by atoms with Crippen LogP contribution in [-0.2, 0) is 0 Å². The molecule has 2 aromatic heterocycles. The third-order valence-electron chi connectivity index (χ3n) is 3.84. The average molecular weight is 315 g/mol. The monoisotopic (exact) mass is 315 g/mol. The zero-order valence-corrected chi connectivity index (χ0v) is 13.5. The molecule has 0 aliphatic carbocycles. The van der Waals surface area contributed by atoms with E-state index >= 15 is 0 Å². The highest BCUT2D eigenvalue weighted by Crippen LogP contribution is 2.18. The highest BCUT2D eigenvalue weighted by molar-refractivity contribution is 5.94. The smallest absolute Gasteiger partial charge is 0.257 e. The van der Waals surface area contributed by atoms with E-state index in [1.54, 1.807) is 6.07 Å². The molecule has 0 unspecified atom stereocenters. The zero-order valence-electron chi connectivity index (χ0n) is 13.5. The molecule has 0 atom stereocenters. The quantitative estimate of drug-likeness (QED) is 0.927. The molecule has 1 aliphatic rings. The van der Waals surface area contributed by atoms with Gasteiger partial charge in [-0.1, -0.05) is 0 Å². The first-order valence-corrected chi connectivity index (χ1v) is 7.83. The van der Waals surface area contributed by atoms with Crippen molar-refractivity contribution in [1.82, 2.24) is 14.9 Å². The largest absolute Gasteiger partial charge is 0.472 e. The Morgan fingerprint density at radius 3 is 2.74 bits per heavy atom. The van der Waals surface area contributed by atoms with Crippen LogP contribution in [0.1, 0.15) is 23.1 Å². The summed E-state index contributed by atoms with van der Waals surface area (Å²) in [7, 11) is 0. The van der Waals surface area contributed by atoms with Crippen LogP contribution in [0.4, 0.5) is 11.6 Å². The summed E-state index contributed by atoms with van der Waals surface area (Å²) in [6.45, 7) is 7.60. The van der Waals surface area contributed by atoms with Crippen molar-refractivity contribution >= 4 is 17.5 Å². The Kier molecular flexibility index (Phi) is 4.45. The van der Waals surface area contributed by atoms with E-state index in [-0.39, 0.29) is 5.91 Å². The van der Waals surface area contributed by atoms with Gasteiger partial charge in [0.25, 0.3) is 5.91 Å². The van der Waals surface area contributed by atoms with E-state index in [1.807, 2.05) is 24.8 Å². The molecule has 7 heteroatoms. The number of aryl methyl sites for hydroxylation is 1. The predicted octanol–water partition coefficient (Wildman–Crippen LogP) is 1.77. The highest BCUT2D eigenvalue weighted by Gasteiger charge is 2.23. The van der Waals surface area contributed by atoms with Crippen LogP contribution >= 0.6 is 0 Å². The van der Waals surface area contributed by atoms with E-state index in [2.05, 4.69) is 20.2 Å². The van der Waals surface area contributed by atoms with Crippen LogP contribution in [0.2, 0.25) is 0 Å². The van der Waals surface area contributed by atoms with Crippen molar-refractivity contribution in [1.29, 1.82) is 0 Å². The Morgan fingerprint density at radius 1 is 1.30 bits per heavy atom. The molecule has 1 N–H and O–H groups in total. The number of nitrogens with zero attached hydrogens (tertiary/aromatic N) is 4. The second kappa shape index (κ2) is 6.68. The number of hydrogen-bond acceptors (Lipinski definition) is 6. The van der Waals surface area contributed by atoms with E-state index in [4.69, 9.17) is 4.42 Å². The Bertz CT molecular complexity index is 663. The third kappa shape index (κ3) is 3.44. The molecule has 1 amide bonds. The van der Waals surface area contributed by atoms with Crippen molar-refractivity contribution in [3.05, 3.63) is 36.0 Å². The molecular weight excluding hydrogens is 294 g/mol. The zero-order chi connectivity index (χ0) is 16.2. The lowest BCUT2D eigenvalue weighted by Gasteiger charge is -2.35. The Hall–Kier alpha value is -2.57. The number of furan rings is 1. The molecule has 2 aromatic rings. The van der Waals surface area contributed by atoms with Crippen LogP contribution in [0, 0.1) is 6.92 Å². The standard InChI is InChI=1S/C16H21N5O2/c1-3-17-14-10-15(19-12(2)18-14)20-5-7-21(8-6-20)16(22)13-4-9-23-11-13/h4,9-11H,3,5-8H2,1-2H3,(H,17,18,19). The maximum atomic E-state index is 12.3. The fraction of sp³-hybridized carbons (Fsp3) is 0.438. The summed E-state index contributed by atoms with van der Waals surface area (Å²) in [6, 6.07) is 3.66. The van der Waals surface area contributed by atoms with E-state index in [1.165, 1.54) is 12.5 Å². The summed E-state index contributed by atoms with van der Waals surface area (Å²) >= 11 is 0. The lowest BCUT2D eigenvalue weighted by molar-refractivity contribution is 0.0746. The predicted molar refractivity (Wildman–Crippen MR) is 87.8 cm³/mol. The van der Waals surface area contributed by atoms with Crippen molar-refractivity contribution in [3.63, 3.8) is 0 Å². The normalized spacial score (nSPS) is 14.9. The van der Waals surface area contributed by atoms with E-state index in [0.717, 1.165) is 37.1 Å². The maximum absolute atomic E-state index is 12.3. The lowest BCUT2D eigenvalue weighted by atomic mass is 10.2. The van der Waals surface area contributed by atoms with Gasteiger partial charge in [-0.25, -0.2) is 9.97 Å². The van der Waals surface area contributed by atoms with Crippen LogP contribution in [-0.4, -0.2) is 53.5 Å². The number of hydrogen-bond donors (Lipinski definition) is 1. The average Bonchev–Trinajstić information content (AvgIpc) is 3.08. The minimum absolute atomic E-state index is 0.0191. The number of anilines is 2. The highest BCUT2D eigenvalue weighted by atomic mass is 16.3. The molecule has 23 heavy (non-hydrogen) atoms. The van der Waals surface area contributed by atoms with Crippen molar-refractivity contribution in [2.75, 3.05) is 42.9 Å². The summed E-state index contributed by atoms with van der Waals surface area (Å²) in [5.41, 5.74) is 0.603. The summed E-state index contributed by atoms with van der Waals surface area (Å²) < 4.78 is 4.98. The molecule has 122 valence electrons. The molecule has 0 spiro atoms. The molecule has 0 bridgehead atoms. The first-order valence-electron chi connectivity index (χ1n) is 7.83. The van der Waals surface area contributed by atoms with Gasteiger partial charge in [0.05, 0.1) is 11.8 Å². The van der Waals surface area contributed by atoms with Gasteiger partial charge in [0.1, 0.15) is 23.7 Å². The topological polar surface area (TPSA) is 74.5 Å².